The molecule has 4 heterocycles. The van der Waals surface area contributed by atoms with Crippen LogP contribution in [0.2, 0.25) is 0 Å². The summed E-state index contributed by atoms with van der Waals surface area (Å²) in [6.45, 7) is 3.92. The van der Waals surface area contributed by atoms with Gasteiger partial charge >= 0.3 is 0 Å². The van der Waals surface area contributed by atoms with Crippen LogP contribution >= 0.6 is 0 Å². The van der Waals surface area contributed by atoms with Crippen molar-refractivity contribution in [2.45, 2.75) is 38.6 Å². The highest BCUT2D eigenvalue weighted by molar-refractivity contribution is 5.78. The number of amides is 1. The van der Waals surface area contributed by atoms with Crippen molar-refractivity contribution in [3.8, 4) is 0 Å². The van der Waals surface area contributed by atoms with Gasteiger partial charge in [0, 0.05) is 37.6 Å². The van der Waals surface area contributed by atoms with Crippen LogP contribution in [0.25, 0.3) is 0 Å². The molecule has 27 heavy (non-hydrogen) atoms. The van der Waals surface area contributed by atoms with E-state index in [0.29, 0.717) is 24.5 Å². The Bertz CT molecular complexity index is 904. The van der Waals surface area contributed by atoms with E-state index in [1.165, 1.54) is 0 Å². The topological polar surface area (TPSA) is 89.9 Å². The maximum Gasteiger partial charge on any atom is 0.228 e. The largest absolute Gasteiger partial charge is 0.342 e. The lowest BCUT2D eigenvalue weighted by Gasteiger charge is -2.32. The fraction of sp³-hybridized carbons (Fsp3) is 0.421. The molecular formula is C19H22N6O2. The number of aromatic nitrogens is 5. The minimum absolute atomic E-state index is 0.0568. The Hall–Kier alpha value is -3.03. The van der Waals surface area contributed by atoms with E-state index in [2.05, 4.69) is 24.8 Å². The fourth-order valence-electron chi connectivity index (χ4n) is 3.56. The minimum Gasteiger partial charge on any atom is -0.342 e. The number of nitrogens with zero attached hydrogens (tertiary/aromatic N) is 6. The summed E-state index contributed by atoms with van der Waals surface area (Å²) in [7, 11) is 0. The molecule has 140 valence electrons. The monoisotopic (exact) mass is 366 g/mol. The Morgan fingerprint density at radius 1 is 1.26 bits per heavy atom. The Kier molecular flexibility index (Phi) is 4.95. The predicted octanol–water partition coefficient (Wildman–Crippen LogP) is 1.97. The number of hydrogen-bond donors (Lipinski definition) is 0. The van der Waals surface area contributed by atoms with Crippen molar-refractivity contribution in [2.75, 3.05) is 13.1 Å². The smallest absolute Gasteiger partial charge is 0.228 e. The second-order valence-corrected chi connectivity index (χ2v) is 6.89. The van der Waals surface area contributed by atoms with Crippen molar-refractivity contribution in [1.82, 2.24) is 29.7 Å². The summed E-state index contributed by atoms with van der Waals surface area (Å²) >= 11 is 0. The van der Waals surface area contributed by atoms with E-state index in [0.717, 1.165) is 30.9 Å². The highest BCUT2D eigenvalue weighted by Gasteiger charge is 2.28. The fourth-order valence-corrected chi connectivity index (χ4v) is 3.56. The second kappa shape index (κ2) is 7.69. The molecule has 3 aromatic rings. The Morgan fingerprint density at radius 3 is 2.96 bits per heavy atom. The van der Waals surface area contributed by atoms with Crippen LogP contribution in [0.5, 0.6) is 0 Å². The number of imidazole rings is 1. The normalized spacial score (nSPS) is 17.2. The lowest BCUT2D eigenvalue weighted by Crippen LogP contribution is -2.40. The maximum atomic E-state index is 12.7. The number of aryl methyl sites for hydroxylation is 1. The zero-order valence-electron chi connectivity index (χ0n) is 15.3. The summed E-state index contributed by atoms with van der Waals surface area (Å²) < 4.78 is 6.83. The molecule has 0 spiro atoms. The van der Waals surface area contributed by atoms with Gasteiger partial charge < -0.3 is 9.47 Å². The molecule has 1 aliphatic rings. The standard InChI is InChI=1S/C19H22N6O2/c1-14-17(23-27-22-14)11-18(26)24-9-4-5-15(12-24)19-21-8-10-25(19)13-16-6-2-3-7-20-16/h2-3,6-8,10,15H,4-5,9,11-13H2,1H3. The van der Waals surface area contributed by atoms with E-state index in [1.54, 1.807) is 13.1 Å². The molecular weight excluding hydrogens is 344 g/mol. The van der Waals surface area contributed by atoms with Crippen molar-refractivity contribution < 1.29 is 9.42 Å². The zero-order chi connectivity index (χ0) is 18.6. The van der Waals surface area contributed by atoms with Crippen molar-refractivity contribution in [3.63, 3.8) is 0 Å². The number of carbonyl (C=O) groups excluding carboxylic acids is 1. The number of likely N-dealkylation sites (tertiary alicyclic amines) is 1. The first kappa shape index (κ1) is 17.4. The first-order chi connectivity index (χ1) is 13.2. The van der Waals surface area contributed by atoms with Crippen LogP contribution in [-0.4, -0.2) is 48.7 Å². The van der Waals surface area contributed by atoms with Crippen LogP contribution in [0.1, 0.15) is 41.7 Å². The highest BCUT2D eigenvalue weighted by Crippen LogP contribution is 2.26. The average Bonchev–Trinajstić information content (AvgIpc) is 3.32. The van der Waals surface area contributed by atoms with Gasteiger partial charge in [0.1, 0.15) is 17.2 Å². The van der Waals surface area contributed by atoms with E-state index in [-0.39, 0.29) is 18.2 Å². The van der Waals surface area contributed by atoms with Crippen LogP contribution < -0.4 is 0 Å². The number of piperidine rings is 1. The Labute approximate surface area is 157 Å². The van der Waals surface area contributed by atoms with E-state index in [9.17, 15) is 4.79 Å². The van der Waals surface area contributed by atoms with E-state index in [4.69, 9.17) is 4.63 Å². The number of rotatable bonds is 5. The lowest BCUT2D eigenvalue weighted by molar-refractivity contribution is -0.131. The van der Waals surface area contributed by atoms with Crippen molar-refractivity contribution in [2.24, 2.45) is 0 Å². The van der Waals surface area contributed by atoms with Crippen molar-refractivity contribution in [1.29, 1.82) is 0 Å². The lowest BCUT2D eigenvalue weighted by atomic mass is 9.96. The van der Waals surface area contributed by atoms with Gasteiger partial charge in [0.2, 0.25) is 5.91 Å². The average molecular weight is 366 g/mol. The summed E-state index contributed by atoms with van der Waals surface area (Å²) in [5.74, 6) is 1.29. The van der Waals surface area contributed by atoms with Gasteiger partial charge in [-0.1, -0.05) is 16.4 Å². The van der Waals surface area contributed by atoms with Gasteiger partial charge in [-0.2, -0.15) is 0 Å². The molecule has 8 heteroatoms. The first-order valence-corrected chi connectivity index (χ1v) is 9.17. The SMILES string of the molecule is Cc1nonc1CC(=O)N1CCCC(c2nccn2Cc2ccccn2)C1. The quantitative estimate of drug-likeness (QED) is 0.686. The molecule has 0 bridgehead atoms. The van der Waals surface area contributed by atoms with Crippen LogP contribution in [0.3, 0.4) is 0 Å². The van der Waals surface area contributed by atoms with Gasteiger partial charge in [0.05, 0.1) is 18.7 Å². The van der Waals surface area contributed by atoms with Gasteiger partial charge in [0.15, 0.2) is 0 Å². The molecule has 4 rings (SSSR count). The van der Waals surface area contributed by atoms with E-state index >= 15 is 0 Å². The summed E-state index contributed by atoms with van der Waals surface area (Å²) in [5, 5.41) is 7.57. The summed E-state index contributed by atoms with van der Waals surface area (Å²) in [4.78, 5) is 23.6. The summed E-state index contributed by atoms with van der Waals surface area (Å²) in [6, 6.07) is 5.91. The van der Waals surface area contributed by atoms with Crippen LogP contribution in [0.15, 0.2) is 41.4 Å². The number of hydrogen-bond acceptors (Lipinski definition) is 6. The van der Waals surface area contributed by atoms with Gasteiger partial charge in [-0.3, -0.25) is 9.78 Å². The molecule has 0 radical (unpaired) electrons. The third kappa shape index (κ3) is 3.89. The first-order valence-electron chi connectivity index (χ1n) is 9.17. The molecule has 1 aliphatic heterocycles. The second-order valence-electron chi connectivity index (χ2n) is 6.89. The highest BCUT2D eigenvalue weighted by atomic mass is 16.6. The van der Waals surface area contributed by atoms with Crippen LogP contribution in [0, 0.1) is 6.92 Å². The Balaban J connectivity index is 1.45. The van der Waals surface area contributed by atoms with Gasteiger partial charge in [0.25, 0.3) is 0 Å². The van der Waals surface area contributed by atoms with Crippen molar-refractivity contribution in [3.05, 3.63) is 59.7 Å². The van der Waals surface area contributed by atoms with Crippen LogP contribution in [0.4, 0.5) is 0 Å². The maximum absolute atomic E-state index is 12.7. The minimum atomic E-state index is 0.0568. The van der Waals surface area contributed by atoms with Gasteiger partial charge in [-0.05, 0) is 31.9 Å². The predicted molar refractivity (Wildman–Crippen MR) is 96.9 cm³/mol. The summed E-state index contributed by atoms with van der Waals surface area (Å²) in [5.41, 5.74) is 2.27. The molecule has 1 saturated heterocycles. The van der Waals surface area contributed by atoms with E-state index < -0.39 is 0 Å². The number of carbonyl (C=O) groups is 1. The Morgan fingerprint density at radius 2 is 2.19 bits per heavy atom. The third-order valence-corrected chi connectivity index (χ3v) is 5.01. The molecule has 1 amide bonds. The third-order valence-electron chi connectivity index (χ3n) is 5.01. The molecule has 0 aromatic carbocycles. The summed E-state index contributed by atoms with van der Waals surface area (Å²) in [6.07, 6.45) is 7.81. The molecule has 0 saturated carbocycles. The van der Waals surface area contributed by atoms with Gasteiger partial charge in [-0.15, -0.1) is 0 Å². The van der Waals surface area contributed by atoms with Crippen LogP contribution in [-0.2, 0) is 17.8 Å². The molecule has 0 N–H and O–H groups in total. The number of pyridine rings is 1. The molecule has 8 nitrogen and oxygen atoms in total. The van der Waals surface area contributed by atoms with Crippen molar-refractivity contribution >= 4 is 5.91 Å². The molecule has 1 atom stereocenters. The van der Waals surface area contributed by atoms with E-state index in [1.807, 2.05) is 35.5 Å². The molecule has 1 fully saturated rings. The zero-order valence-corrected chi connectivity index (χ0v) is 15.3. The van der Waals surface area contributed by atoms with Gasteiger partial charge in [-0.25, -0.2) is 9.61 Å². The molecule has 0 aliphatic carbocycles. The molecule has 3 aromatic heterocycles. The molecule has 1 unspecified atom stereocenters.